The average molecular weight is 342 g/mol. The molecule has 0 aliphatic heterocycles. The Kier molecular flexibility index (Phi) is 3.83. The summed E-state index contributed by atoms with van der Waals surface area (Å²) in [6, 6.07) is 15.1. The van der Waals surface area contributed by atoms with Gasteiger partial charge in [0.05, 0.1) is 6.20 Å². The molecule has 21 heavy (non-hydrogen) atoms. The number of hydrogen-bond acceptors (Lipinski definition) is 3. The number of phenolic OH excluding ortho intramolecular Hbond substituents is 1. The molecule has 0 amide bonds. The number of aromatic hydroxyl groups is 1. The van der Waals surface area contributed by atoms with Crippen LogP contribution in [0.25, 0.3) is 11.1 Å². The first-order chi connectivity index (χ1) is 10.2. The highest BCUT2D eigenvalue weighted by Crippen LogP contribution is 2.28. The Bertz CT molecular complexity index is 781. The molecule has 4 nitrogen and oxygen atoms in total. The van der Waals surface area contributed by atoms with Gasteiger partial charge in [0.1, 0.15) is 5.75 Å². The monoisotopic (exact) mass is 341 g/mol. The molecule has 3 aromatic rings. The highest BCUT2D eigenvalue weighted by Gasteiger charge is 2.06. The molecule has 2 N–H and O–H groups in total. The van der Waals surface area contributed by atoms with Crippen molar-refractivity contribution in [3.8, 4) is 16.9 Å². The van der Waals surface area contributed by atoms with Crippen LogP contribution >= 0.6 is 15.9 Å². The summed E-state index contributed by atoms with van der Waals surface area (Å²) in [6.45, 7) is 0. The summed E-state index contributed by atoms with van der Waals surface area (Å²) in [5.74, 6) is 0.836. The molecule has 104 valence electrons. The number of phenols is 1. The first kappa shape index (κ1) is 13.6. The third kappa shape index (κ3) is 3.03. The van der Waals surface area contributed by atoms with Crippen LogP contribution in [0.1, 0.15) is 5.56 Å². The lowest BCUT2D eigenvalue weighted by atomic mass is 10.1. The van der Waals surface area contributed by atoms with Crippen LogP contribution in [0.5, 0.6) is 5.75 Å². The first-order valence-corrected chi connectivity index (χ1v) is 7.15. The Hall–Kier alpha value is -2.40. The summed E-state index contributed by atoms with van der Waals surface area (Å²) in [6.07, 6.45) is 3.35. The number of benzene rings is 2. The highest BCUT2D eigenvalue weighted by atomic mass is 79.9. The van der Waals surface area contributed by atoms with E-state index in [1.165, 1.54) is 0 Å². The second-order valence-electron chi connectivity index (χ2n) is 4.46. The van der Waals surface area contributed by atoms with E-state index in [1.54, 1.807) is 30.6 Å². The van der Waals surface area contributed by atoms with Crippen molar-refractivity contribution in [1.29, 1.82) is 0 Å². The fourth-order valence-electron chi connectivity index (χ4n) is 1.97. The topological polar surface area (TPSA) is 61.3 Å². The Morgan fingerprint density at radius 2 is 1.95 bits per heavy atom. The summed E-state index contributed by atoms with van der Waals surface area (Å²) in [5.41, 5.74) is 2.59. The molecule has 0 fully saturated rings. The van der Waals surface area contributed by atoms with Crippen LogP contribution in [0.4, 0.5) is 5.82 Å². The van der Waals surface area contributed by atoms with Crippen LogP contribution in [0.3, 0.4) is 0 Å². The maximum atomic E-state index is 9.81. The molecule has 0 spiro atoms. The van der Waals surface area contributed by atoms with Crippen LogP contribution in [0, 0.1) is 0 Å². The maximum Gasteiger partial charge on any atom is 0.155 e. The molecule has 0 saturated carbocycles. The SMILES string of the molecule is Oc1ccc(Br)cc1C=Nc1[nH]ncc1-c1ccccc1. The zero-order chi connectivity index (χ0) is 14.7. The van der Waals surface area contributed by atoms with Crippen LogP contribution in [-0.4, -0.2) is 21.5 Å². The van der Waals surface area contributed by atoms with Crippen LogP contribution in [-0.2, 0) is 0 Å². The number of aromatic amines is 1. The van der Waals surface area contributed by atoms with Crippen molar-refractivity contribution in [1.82, 2.24) is 10.2 Å². The number of hydrogen-bond donors (Lipinski definition) is 2. The van der Waals surface area contributed by atoms with Gasteiger partial charge in [0.25, 0.3) is 0 Å². The Labute approximate surface area is 130 Å². The smallest absolute Gasteiger partial charge is 0.155 e. The first-order valence-electron chi connectivity index (χ1n) is 6.35. The third-order valence-electron chi connectivity index (χ3n) is 3.03. The minimum atomic E-state index is 0.183. The fraction of sp³-hybridized carbons (Fsp3) is 0. The molecule has 0 atom stereocenters. The zero-order valence-corrected chi connectivity index (χ0v) is 12.6. The third-order valence-corrected chi connectivity index (χ3v) is 3.52. The number of H-pyrrole nitrogens is 1. The Morgan fingerprint density at radius 1 is 1.14 bits per heavy atom. The second-order valence-corrected chi connectivity index (χ2v) is 5.38. The minimum absolute atomic E-state index is 0.183. The summed E-state index contributed by atoms with van der Waals surface area (Å²) in [5, 5.41) is 16.7. The van der Waals surface area contributed by atoms with Crippen molar-refractivity contribution in [2.24, 2.45) is 4.99 Å². The molecule has 5 heteroatoms. The van der Waals surface area contributed by atoms with Gasteiger partial charge >= 0.3 is 0 Å². The lowest BCUT2D eigenvalue weighted by Gasteiger charge is -2.00. The number of aliphatic imine (C=N–C) groups is 1. The molecule has 1 heterocycles. The van der Waals surface area contributed by atoms with Gasteiger partial charge in [-0.25, -0.2) is 4.99 Å². The summed E-state index contributed by atoms with van der Waals surface area (Å²) in [7, 11) is 0. The van der Waals surface area contributed by atoms with Crippen molar-refractivity contribution >= 4 is 28.0 Å². The predicted octanol–water partition coefficient (Wildman–Crippen LogP) is 4.30. The number of rotatable bonds is 3. The van der Waals surface area contributed by atoms with Gasteiger partial charge in [-0.15, -0.1) is 0 Å². The van der Waals surface area contributed by atoms with Gasteiger partial charge in [0.15, 0.2) is 5.82 Å². The Morgan fingerprint density at radius 3 is 2.76 bits per heavy atom. The van der Waals surface area contributed by atoms with Gasteiger partial charge in [0, 0.05) is 21.8 Å². The van der Waals surface area contributed by atoms with E-state index in [1.807, 2.05) is 30.3 Å². The van der Waals surface area contributed by atoms with E-state index in [-0.39, 0.29) is 5.75 Å². The number of nitrogens with zero attached hydrogens (tertiary/aromatic N) is 2. The van der Waals surface area contributed by atoms with Crippen LogP contribution in [0.2, 0.25) is 0 Å². The average Bonchev–Trinajstić information content (AvgIpc) is 2.97. The lowest BCUT2D eigenvalue weighted by Crippen LogP contribution is -1.83. The largest absolute Gasteiger partial charge is 0.507 e. The van der Waals surface area contributed by atoms with Gasteiger partial charge in [-0.05, 0) is 23.8 Å². The molecule has 0 saturated heterocycles. The van der Waals surface area contributed by atoms with E-state index in [0.29, 0.717) is 11.4 Å². The normalized spacial score (nSPS) is 11.1. The molecule has 0 radical (unpaired) electrons. The van der Waals surface area contributed by atoms with Gasteiger partial charge in [-0.2, -0.15) is 5.10 Å². The predicted molar refractivity (Wildman–Crippen MR) is 87.1 cm³/mol. The maximum absolute atomic E-state index is 9.81. The molecule has 0 aliphatic rings. The molecular formula is C16H12BrN3O. The molecule has 2 aromatic carbocycles. The van der Waals surface area contributed by atoms with E-state index < -0.39 is 0 Å². The molecular weight excluding hydrogens is 330 g/mol. The lowest BCUT2D eigenvalue weighted by molar-refractivity contribution is 0.474. The van der Waals surface area contributed by atoms with Crippen molar-refractivity contribution in [3.05, 3.63) is 64.8 Å². The molecule has 0 aliphatic carbocycles. The van der Waals surface area contributed by atoms with E-state index >= 15 is 0 Å². The van der Waals surface area contributed by atoms with Crippen LogP contribution in [0.15, 0.2) is 64.2 Å². The Balaban J connectivity index is 1.94. The number of nitrogens with one attached hydrogen (secondary N) is 1. The number of aromatic nitrogens is 2. The standard InChI is InChI=1S/C16H12BrN3O/c17-13-6-7-15(21)12(8-13)9-18-16-14(10-19-20-16)11-4-2-1-3-5-11/h1-10,21H,(H,19,20). The summed E-state index contributed by atoms with van der Waals surface area (Å²) < 4.78 is 0.884. The van der Waals surface area contributed by atoms with Crippen molar-refractivity contribution in [2.75, 3.05) is 0 Å². The second kappa shape index (κ2) is 5.93. The molecule has 0 bridgehead atoms. The minimum Gasteiger partial charge on any atom is -0.507 e. The van der Waals surface area contributed by atoms with Gasteiger partial charge in [0.2, 0.25) is 0 Å². The van der Waals surface area contributed by atoms with Gasteiger partial charge in [-0.3, -0.25) is 5.10 Å². The zero-order valence-electron chi connectivity index (χ0n) is 11.0. The molecule has 3 rings (SSSR count). The van der Waals surface area contributed by atoms with E-state index in [0.717, 1.165) is 15.6 Å². The van der Waals surface area contributed by atoms with Crippen molar-refractivity contribution in [2.45, 2.75) is 0 Å². The fourth-order valence-corrected chi connectivity index (χ4v) is 2.35. The summed E-state index contributed by atoms with van der Waals surface area (Å²) >= 11 is 3.37. The van der Waals surface area contributed by atoms with Crippen molar-refractivity contribution < 1.29 is 5.11 Å². The summed E-state index contributed by atoms with van der Waals surface area (Å²) in [4.78, 5) is 4.39. The molecule has 0 unspecified atom stereocenters. The van der Waals surface area contributed by atoms with E-state index in [2.05, 4.69) is 31.1 Å². The number of halogens is 1. The highest BCUT2D eigenvalue weighted by molar-refractivity contribution is 9.10. The molecule has 1 aromatic heterocycles. The van der Waals surface area contributed by atoms with E-state index in [9.17, 15) is 5.11 Å². The van der Waals surface area contributed by atoms with Crippen LogP contribution < -0.4 is 0 Å². The van der Waals surface area contributed by atoms with Gasteiger partial charge in [-0.1, -0.05) is 46.3 Å². The van der Waals surface area contributed by atoms with Gasteiger partial charge < -0.3 is 5.11 Å². The van der Waals surface area contributed by atoms with E-state index in [4.69, 9.17) is 0 Å². The quantitative estimate of drug-likeness (QED) is 0.698. The van der Waals surface area contributed by atoms with Crippen molar-refractivity contribution in [3.63, 3.8) is 0 Å².